The first-order valence-corrected chi connectivity index (χ1v) is 5.20. The molecule has 1 unspecified atom stereocenters. The highest BCUT2D eigenvalue weighted by Crippen LogP contribution is 2.33. The lowest BCUT2D eigenvalue weighted by molar-refractivity contribution is -0.0575. The molecular weight excluding hydrogens is 214 g/mol. The molecule has 6 heteroatoms. The second-order valence-electron chi connectivity index (χ2n) is 4.15. The molecular formula is C10H14F2N4. The molecule has 0 aliphatic carbocycles. The van der Waals surface area contributed by atoms with Crippen LogP contribution in [-0.2, 0) is 0 Å². The largest absolute Gasteiger partial charge is 0.384 e. The standard InChI is InChI=1S/C10H14F2N4/c1-7-3-5-16(6-10(7,11)12)9-14-4-2-8(13)15-9/h2,4,7H,3,5-6H2,1H3,(H2,13,14,15). The Hall–Kier alpha value is -1.46. The van der Waals surface area contributed by atoms with Gasteiger partial charge in [-0.15, -0.1) is 0 Å². The lowest BCUT2D eigenvalue weighted by Gasteiger charge is -2.36. The van der Waals surface area contributed by atoms with Gasteiger partial charge in [0.2, 0.25) is 5.95 Å². The van der Waals surface area contributed by atoms with Crippen molar-refractivity contribution < 1.29 is 8.78 Å². The summed E-state index contributed by atoms with van der Waals surface area (Å²) < 4.78 is 27.0. The normalized spacial score (nSPS) is 24.4. The number of hydrogen-bond acceptors (Lipinski definition) is 4. The Labute approximate surface area is 92.5 Å². The van der Waals surface area contributed by atoms with Crippen molar-refractivity contribution in [2.45, 2.75) is 19.3 Å². The van der Waals surface area contributed by atoms with E-state index in [4.69, 9.17) is 5.73 Å². The van der Waals surface area contributed by atoms with E-state index >= 15 is 0 Å². The van der Waals surface area contributed by atoms with Crippen LogP contribution in [0.25, 0.3) is 0 Å². The van der Waals surface area contributed by atoms with Crippen molar-refractivity contribution in [3.05, 3.63) is 12.3 Å². The van der Waals surface area contributed by atoms with Crippen LogP contribution in [0.5, 0.6) is 0 Å². The maximum absolute atomic E-state index is 13.5. The highest BCUT2D eigenvalue weighted by Gasteiger charge is 2.42. The quantitative estimate of drug-likeness (QED) is 0.792. The monoisotopic (exact) mass is 228 g/mol. The molecule has 4 nitrogen and oxygen atoms in total. The van der Waals surface area contributed by atoms with Crippen LogP contribution in [-0.4, -0.2) is 29.0 Å². The molecule has 16 heavy (non-hydrogen) atoms. The smallest absolute Gasteiger partial charge is 0.267 e. The van der Waals surface area contributed by atoms with Crippen LogP contribution in [0.15, 0.2) is 12.3 Å². The number of halogens is 2. The topological polar surface area (TPSA) is 55.0 Å². The Morgan fingerprint density at radius 3 is 2.94 bits per heavy atom. The number of hydrogen-bond donors (Lipinski definition) is 1. The number of alkyl halides is 2. The van der Waals surface area contributed by atoms with Crippen LogP contribution in [0.3, 0.4) is 0 Å². The summed E-state index contributed by atoms with van der Waals surface area (Å²) in [6, 6.07) is 1.54. The summed E-state index contributed by atoms with van der Waals surface area (Å²) >= 11 is 0. The predicted molar refractivity (Wildman–Crippen MR) is 57.4 cm³/mol. The van der Waals surface area contributed by atoms with Crippen molar-refractivity contribution in [2.24, 2.45) is 5.92 Å². The first kappa shape index (κ1) is 11.0. The van der Waals surface area contributed by atoms with Crippen LogP contribution >= 0.6 is 0 Å². The lowest BCUT2D eigenvalue weighted by Crippen LogP contribution is -2.48. The van der Waals surface area contributed by atoms with E-state index in [1.165, 1.54) is 17.2 Å². The van der Waals surface area contributed by atoms with E-state index in [1.807, 2.05) is 0 Å². The van der Waals surface area contributed by atoms with Crippen molar-refractivity contribution in [3.63, 3.8) is 0 Å². The van der Waals surface area contributed by atoms with E-state index < -0.39 is 11.8 Å². The van der Waals surface area contributed by atoms with Gasteiger partial charge in [0.1, 0.15) is 5.82 Å². The minimum Gasteiger partial charge on any atom is -0.384 e. The van der Waals surface area contributed by atoms with Crippen LogP contribution in [0, 0.1) is 5.92 Å². The number of nitrogen functional groups attached to an aromatic ring is 1. The molecule has 2 rings (SSSR count). The van der Waals surface area contributed by atoms with Gasteiger partial charge >= 0.3 is 0 Å². The number of piperidine rings is 1. The third kappa shape index (κ3) is 2.05. The molecule has 0 aromatic carbocycles. The molecule has 0 bridgehead atoms. The van der Waals surface area contributed by atoms with Crippen LogP contribution in [0.1, 0.15) is 13.3 Å². The van der Waals surface area contributed by atoms with Gasteiger partial charge < -0.3 is 10.6 Å². The molecule has 0 radical (unpaired) electrons. The van der Waals surface area contributed by atoms with E-state index in [2.05, 4.69) is 9.97 Å². The average molecular weight is 228 g/mol. The third-order valence-corrected chi connectivity index (χ3v) is 2.90. The second kappa shape index (κ2) is 3.84. The molecule has 2 heterocycles. The van der Waals surface area contributed by atoms with Crippen LogP contribution in [0.4, 0.5) is 20.5 Å². The van der Waals surface area contributed by atoms with E-state index in [0.717, 1.165) is 0 Å². The molecule has 1 fully saturated rings. The summed E-state index contributed by atoms with van der Waals surface area (Å²) in [7, 11) is 0. The van der Waals surface area contributed by atoms with Crippen LogP contribution in [0.2, 0.25) is 0 Å². The summed E-state index contributed by atoms with van der Waals surface area (Å²) in [4.78, 5) is 9.38. The molecule has 0 amide bonds. The van der Waals surface area contributed by atoms with E-state index in [1.54, 1.807) is 6.92 Å². The van der Waals surface area contributed by atoms with Crippen molar-refractivity contribution in [3.8, 4) is 0 Å². The zero-order valence-corrected chi connectivity index (χ0v) is 9.03. The number of aromatic nitrogens is 2. The van der Waals surface area contributed by atoms with Gasteiger partial charge in [-0.25, -0.2) is 13.8 Å². The average Bonchev–Trinajstić information content (AvgIpc) is 2.22. The molecule has 1 aromatic rings. The highest BCUT2D eigenvalue weighted by molar-refractivity contribution is 5.38. The summed E-state index contributed by atoms with van der Waals surface area (Å²) in [6.07, 6.45) is 1.92. The van der Waals surface area contributed by atoms with Crippen molar-refractivity contribution in [1.29, 1.82) is 0 Å². The van der Waals surface area contributed by atoms with Gasteiger partial charge in [-0.1, -0.05) is 6.92 Å². The Kier molecular flexibility index (Phi) is 2.65. The first-order chi connectivity index (χ1) is 7.49. The van der Waals surface area contributed by atoms with Gasteiger partial charge in [0, 0.05) is 18.7 Å². The number of rotatable bonds is 1. The minimum absolute atomic E-state index is 0.284. The van der Waals surface area contributed by atoms with Gasteiger partial charge in [0.25, 0.3) is 5.92 Å². The number of anilines is 2. The van der Waals surface area contributed by atoms with E-state index in [9.17, 15) is 8.78 Å². The van der Waals surface area contributed by atoms with Gasteiger partial charge in [-0.2, -0.15) is 4.98 Å². The maximum atomic E-state index is 13.5. The molecule has 1 saturated heterocycles. The molecule has 1 aromatic heterocycles. The van der Waals surface area contributed by atoms with Crippen molar-refractivity contribution >= 4 is 11.8 Å². The van der Waals surface area contributed by atoms with E-state index in [-0.39, 0.29) is 12.5 Å². The summed E-state index contributed by atoms with van der Waals surface area (Å²) in [6.45, 7) is 1.77. The molecule has 0 spiro atoms. The second-order valence-corrected chi connectivity index (χ2v) is 4.15. The van der Waals surface area contributed by atoms with Crippen LogP contribution < -0.4 is 10.6 Å². The zero-order chi connectivity index (χ0) is 11.8. The Morgan fingerprint density at radius 2 is 2.31 bits per heavy atom. The lowest BCUT2D eigenvalue weighted by atomic mass is 9.95. The number of nitrogens with zero attached hydrogens (tertiary/aromatic N) is 3. The fourth-order valence-electron chi connectivity index (χ4n) is 1.73. The summed E-state index contributed by atoms with van der Waals surface area (Å²) in [5.41, 5.74) is 5.49. The Bertz CT molecular complexity index is 383. The maximum Gasteiger partial charge on any atom is 0.267 e. The molecule has 1 atom stereocenters. The Morgan fingerprint density at radius 1 is 1.56 bits per heavy atom. The zero-order valence-electron chi connectivity index (χ0n) is 9.03. The van der Waals surface area contributed by atoms with Crippen molar-refractivity contribution in [2.75, 3.05) is 23.7 Å². The first-order valence-electron chi connectivity index (χ1n) is 5.20. The molecule has 88 valence electrons. The highest BCUT2D eigenvalue weighted by atomic mass is 19.3. The van der Waals surface area contributed by atoms with Gasteiger partial charge in [0.15, 0.2) is 0 Å². The van der Waals surface area contributed by atoms with E-state index in [0.29, 0.717) is 18.8 Å². The Balaban J connectivity index is 2.18. The minimum atomic E-state index is -2.69. The SMILES string of the molecule is CC1CCN(c2nccc(N)n2)CC1(F)F. The molecule has 2 N–H and O–H groups in total. The van der Waals surface area contributed by atoms with Gasteiger partial charge in [-0.3, -0.25) is 0 Å². The fourth-order valence-corrected chi connectivity index (χ4v) is 1.73. The molecule has 1 aliphatic rings. The van der Waals surface area contributed by atoms with Crippen molar-refractivity contribution in [1.82, 2.24) is 9.97 Å². The molecule has 1 aliphatic heterocycles. The summed E-state index contributed by atoms with van der Waals surface area (Å²) in [5.74, 6) is -2.70. The predicted octanol–water partition coefficient (Wildman–Crippen LogP) is 1.54. The molecule has 0 saturated carbocycles. The fraction of sp³-hybridized carbons (Fsp3) is 0.600. The van der Waals surface area contributed by atoms with Gasteiger partial charge in [0.05, 0.1) is 6.54 Å². The summed E-state index contributed by atoms with van der Waals surface area (Å²) in [5, 5.41) is 0. The third-order valence-electron chi connectivity index (χ3n) is 2.90. The number of nitrogens with two attached hydrogens (primary N) is 1. The van der Waals surface area contributed by atoms with Gasteiger partial charge in [-0.05, 0) is 12.5 Å².